The predicted molar refractivity (Wildman–Crippen MR) is 52.8 cm³/mol. The van der Waals surface area contributed by atoms with Crippen LogP contribution in [0.3, 0.4) is 0 Å². The summed E-state index contributed by atoms with van der Waals surface area (Å²) in [7, 11) is -8.56. The van der Waals surface area contributed by atoms with Crippen molar-refractivity contribution in [3.8, 4) is 0 Å². The maximum atomic E-state index is 10.5. The van der Waals surface area contributed by atoms with Gasteiger partial charge in [0.1, 0.15) is 0 Å². The molecule has 0 aliphatic heterocycles. The molecule has 0 heterocycles. The molecule has 0 radical (unpaired) electrons. The lowest BCUT2D eigenvalue weighted by Crippen LogP contribution is -2.27. The molecule has 0 aliphatic carbocycles. The van der Waals surface area contributed by atoms with Crippen LogP contribution in [0.4, 0.5) is 0 Å². The molecule has 0 saturated carbocycles. The summed E-state index contributed by atoms with van der Waals surface area (Å²) in [6.45, 7) is 1.78. The monoisotopic (exact) mass is 262 g/mol. The summed E-state index contributed by atoms with van der Waals surface area (Å²) in [6, 6.07) is 0. The first-order chi connectivity index (χ1) is 6.64. The summed E-state index contributed by atoms with van der Waals surface area (Å²) in [5, 5.41) is 0. The average Bonchev–Trinajstić information content (AvgIpc) is 1.94. The van der Waals surface area contributed by atoms with E-state index in [1.54, 1.807) is 6.92 Å². The van der Waals surface area contributed by atoms with Crippen LogP contribution in [-0.4, -0.2) is 50.7 Å². The van der Waals surface area contributed by atoms with Crippen LogP contribution >= 0.6 is 0 Å². The summed E-state index contributed by atoms with van der Waals surface area (Å²) in [6.07, 6.45) is 0. The van der Waals surface area contributed by atoms with Crippen LogP contribution < -0.4 is 0 Å². The Balaban J connectivity index is 4.45. The van der Waals surface area contributed by atoms with Crippen LogP contribution in [0.2, 0.25) is 0 Å². The normalized spacial score (nSPS) is 13.3. The Kier molecular flexibility index (Phi) is 5.67. The van der Waals surface area contributed by atoms with E-state index >= 15 is 0 Å². The van der Waals surface area contributed by atoms with Gasteiger partial charge in [-0.2, -0.15) is 16.8 Å². The summed E-state index contributed by atoms with van der Waals surface area (Å²) >= 11 is 0. The van der Waals surface area contributed by atoms with Crippen LogP contribution in [0.15, 0.2) is 0 Å². The van der Waals surface area contributed by atoms with Crippen LogP contribution in [-0.2, 0) is 25.0 Å². The molecular weight excluding hydrogens is 248 g/mol. The van der Waals surface area contributed by atoms with Gasteiger partial charge in [0.15, 0.2) is 0 Å². The molecule has 0 unspecified atom stereocenters. The first-order valence-electron chi connectivity index (χ1n) is 4.12. The highest BCUT2D eigenvalue weighted by molar-refractivity contribution is 7.86. The Labute approximate surface area is 88.9 Å². The molecule has 15 heavy (non-hydrogen) atoms. The zero-order chi connectivity index (χ0) is 12.1. The van der Waals surface area contributed by atoms with E-state index in [9.17, 15) is 16.8 Å². The molecule has 0 rings (SSSR count). The van der Waals surface area contributed by atoms with E-state index < -0.39 is 37.7 Å². The van der Waals surface area contributed by atoms with Gasteiger partial charge in [-0.25, -0.2) is 0 Å². The van der Waals surface area contributed by atoms with Crippen molar-refractivity contribution in [2.24, 2.45) is 5.92 Å². The topological polar surface area (TPSA) is 118 Å². The van der Waals surface area contributed by atoms with Crippen molar-refractivity contribution in [2.45, 2.75) is 6.92 Å². The van der Waals surface area contributed by atoms with Crippen molar-refractivity contribution < 1.29 is 30.7 Å². The van der Waals surface area contributed by atoms with Crippen molar-refractivity contribution in [3.05, 3.63) is 0 Å². The lowest BCUT2D eigenvalue weighted by atomic mass is 10.2. The van der Waals surface area contributed by atoms with Gasteiger partial charge in [-0.05, 0) is 6.92 Å². The minimum absolute atomic E-state index is 0.157. The van der Waals surface area contributed by atoms with E-state index in [0.29, 0.717) is 0 Å². The van der Waals surface area contributed by atoms with Crippen molar-refractivity contribution in [2.75, 3.05) is 24.7 Å². The maximum Gasteiger partial charge on any atom is 0.265 e. The van der Waals surface area contributed by atoms with Gasteiger partial charge in [-0.1, -0.05) is 0 Å². The lowest BCUT2D eigenvalue weighted by molar-refractivity contribution is 0.122. The third-order valence-electron chi connectivity index (χ3n) is 1.45. The largest absolute Gasteiger partial charge is 0.381 e. The number of ether oxygens (including phenoxy) is 1. The third-order valence-corrected chi connectivity index (χ3v) is 3.24. The quantitative estimate of drug-likeness (QED) is 0.589. The summed E-state index contributed by atoms with van der Waals surface area (Å²) in [5.74, 6) is -2.49. The number of rotatable bonds is 7. The molecule has 0 aliphatic rings. The second-order valence-corrected chi connectivity index (χ2v) is 6.02. The van der Waals surface area contributed by atoms with Gasteiger partial charge in [-0.3, -0.25) is 9.11 Å². The second kappa shape index (κ2) is 5.75. The SMILES string of the molecule is CCOCC(CS(=O)(=O)O)CS(=O)(=O)O. The van der Waals surface area contributed by atoms with Crippen molar-refractivity contribution >= 4 is 20.2 Å². The smallest absolute Gasteiger partial charge is 0.265 e. The zero-order valence-electron chi connectivity index (χ0n) is 8.16. The van der Waals surface area contributed by atoms with Crippen molar-refractivity contribution in [1.29, 1.82) is 0 Å². The molecule has 0 bridgehead atoms. The first kappa shape index (κ1) is 14.8. The fourth-order valence-corrected chi connectivity index (χ4v) is 2.79. The van der Waals surface area contributed by atoms with E-state index in [-0.39, 0.29) is 13.2 Å². The van der Waals surface area contributed by atoms with Crippen molar-refractivity contribution in [1.82, 2.24) is 0 Å². The Bertz CT molecular complexity index is 334. The third kappa shape index (κ3) is 10.1. The van der Waals surface area contributed by atoms with E-state index in [4.69, 9.17) is 13.8 Å². The minimum atomic E-state index is -4.28. The highest BCUT2D eigenvalue weighted by atomic mass is 32.2. The fraction of sp³-hybridized carbons (Fsp3) is 1.00. The minimum Gasteiger partial charge on any atom is -0.381 e. The van der Waals surface area contributed by atoms with Crippen LogP contribution in [0.1, 0.15) is 6.92 Å². The Morgan fingerprint density at radius 3 is 1.73 bits per heavy atom. The standard InChI is InChI=1S/C6H14O7S2/c1-2-13-3-6(4-14(7,8)9)5-15(10,11)12/h6H,2-5H2,1H3,(H,7,8,9)(H,10,11,12). The maximum absolute atomic E-state index is 10.5. The van der Waals surface area contributed by atoms with Crippen LogP contribution in [0.25, 0.3) is 0 Å². The van der Waals surface area contributed by atoms with Crippen molar-refractivity contribution in [3.63, 3.8) is 0 Å². The van der Waals surface area contributed by atoms with E-state index in [2.05, 4.69) is 0 Å². The number of hydrogen-bond acceptors (Lipinski definition) is 5. The highest BCUT2D eigenvalue weighted by Gasteiger charge is 2.22. The average molecular weight is 262 g/mol. The Hall–Kier alpha value is -0.220. The molecule has 0 aromatic carbocycles. The molecule has 0 amide bonds. The molecule has 0 fully saturated rings. The molecule has 0 saturated heterocycles. The zero-order valence-corrected chi connectivity index (χ0v) is 9.79. The molecule has 0 aromatic rings. The molecule has 9 heteroatoms. The first-order valence-corrected chi connectivity index (χ1v) is 7.34. The summed E-state index contributed by atoms with van der Waals surface area (Å²) in [4.78, 5) is 0. The predicted octanol–water partition coefficient (Wildman–Crippen LogP) is -0.585. The molecule has 0 aromatic heterocycles. The van der Waals surface area contributed by atoms with Crippen LogP contribution in [0.5, 0.6) is 0 Å². The highest BCUT2D eigenvalue weighted by Crippen LogP contribution is 2.05. The van der Waals surface area contributed by atoms with E-state index in [0.717, 1.165) is 0 Å². The molecule has 7 nitrogen and oxygen atoms in total. The van der Waals surface area contributed by atoms with Gasteiger partial charge in [0.25, 0.3) is 20.2 Å². The van der Waals surface area contributed by atoms with Gasteiger partial charge < -0.3 is 4.74 Å². The molecule has 92 valence electrons. The molecule has 0 atom stereocenters. The molecule has 2 N–H and O–H groups in total. The Morgan fingerprint density at radius 2 is 1.47 bits per heavy atom. The van der Waals surface area contributed by atoms with Gasteiger partial charge >= 0.3 is 0 Å². The van der Waals surface area contributed by atoms with Gasteiger partial charge in [0.05, 0.1) is 18.1 Å². The van der Waals surface area contributed by atoms with Gasteiger partial charge in [0, 0.05) is 12.5 Å². The number of hydrogen-bond donors (Lipinski definition) is 2. The Morgan fingerprint density at radius 1 is 1.07 bits per heavy atom. The van der Waals surface area contributed by atoms with E-state index in [1.165, 1.54) is 0 Å². The van der Waals surface area contributed by atoms with Gasteiger partial charge in [-0.15, -0.1) is 0 Å². The molecular formula is C6H14O7S2. The van der Waals surface area contributed by atoms with Crippen LogP contribution in [0, 0.1) is 5.92 Å². The second-order valence-electron chi connectivity index (χ2n) is 3.02. The molecule has 0 spiro atoms. The fourth-order valence-electron chi connectivity index (χ4n) is 1.02. The summed E-state index contributed by atoms with van der Waals surface area (Å²) in [5.41, 5.74) is 0. The summed E-state index contributed by atoms with van der Waals surface area (Å²) < 4.78 is 63.9. The lowest BCUT2D eigenvalue weighted by Gasteiger charge is -2.12. The van der Waals surface area contributed by atoms with E-state index in [1.807, 2.05) is 0 Å². The van der Waals surface area contributed by atoms with Gasteiger partial charge in [0.2, 0.25) is 0 Å².